The third kappa shape index (κ3) is 3.93. The van der Waals surface area contributed by atoms with E-state index in [2.05, 4.69) is 5.32 Å². The lowest BCUT2D eigenvalue weighted by Crippen LogP contribution is -2.46. The average Bonchev–Trinajstić information content (AvgIpc) is 2.48. The number of ether oxygens (including phenoxy) is 1. The fourth-order valence-corrected chi connectivity index (χ4v) is 2.46. The minimum atomic E-state index is -0.288. The van der Waals surface area contributed by atoms with Crippen LogP contribution in [0.5, 0.6) is 0 Å². The van der Waals surface area contributed by atoms with Crippen molar-refractivity contribution in [2.24, 2.45) is 0 Å². The van der Waals surface area contributed by atoms with Gasteiger partial charge in [-0.15, -0.1) is 0 Å². The Morgan fingerprint density at radius 2 is 2.00 bits per heavy atom. The highest BCUT2D eigenvalue weighted by Crippen LogP contribution is 2.14. The Kier molecular flexibility index (Phi) is 5.35. The first-order valence-electron chi connectivity index (χ1n) is 7.09. The van der Waals surface area contributed by atoms with Crippen LogP contribution in [0.2, 0.25) is 0 Å². The number of carbonyl (C=O) groups is 1. The molecule has 0 unspecified atom stereocenters. The molecule has 1 saturated heterocycles. The Morgan fingerprint density at radius 1 is 1.35 bits per heavy atom. The van der Waals surface area contributed by atoms with Gasteiger partial charge in [0.25, 0.3) is 0 Å². The maximum Gasteiger partial charge on any atom is 0.410 e. The Morgan fingerprint density at radius 3 is 2.60 bits per heavy atom. The van der Waals surface area contributed by atoms with E-state index in [4.69, 9.17) is 4.74 Å². The first-order chi connectivity index (χ1) is 9.70. The van der Waals surface area contributed by atoms with E-state index in [1.165, 1.54) is 12.1 Å². The van der Waals surface area contributed by atoms with Crippen molar-refractivity contribution in [2.45, 2.75) is 32.4 Å². The zero-order valence-corrected chi connectivity index (χ0v) is 11.8. The van der Waals surface area contributed by atoms with E-state index in [-0.39, 0.29) is 24.6 Å². The second-order valence-electron chi connectivity index (χ2n) is 4.95. The van der Waals surface area contributed by atoms with Crippen LogP contribution < -0.4 is 5.32 Å². The SMILES string of the molecule is CCN(C(=O)OCc1ccc(F)cc1)C1CCNCC1. The molecule has 1 heterocycles. The number of nitrogens with zero attached hydrogens (tertiary/aromatic N) is 1. The molecule has 1 aliphatic rings. The molecular formula is C15H21FN2O2. The number of halogens is 1. The van der Waals surface area contributed by atoms with Crippen LogP contribution in [-0.4, -0.2) is 36.7 Å². The molecule has 0 bridgehead atoms. The minimum Gasteiger partial charge on any atom is -0.445 e. The van der Waals surface area contributed by atoms with Gasteiger partial charge < -0.3 is 15.0 Å². The summed E-state index contributed by atoms with van der Waals surface area (Å²) in [6, 6.07) is 6.25. The van der Waals surface area contributed by atoms with Gasteiger partial charge in [0, 0.05) is 12.6 Å². The molecule has 1 aliphatic heterocycles. The number of piperidine rings is 1. The standard InChI is InChI=1S/C15H21FN2O2/c1-2-18(14-7-9-17-10-8-14)15(19)20-11-12-3-5-13(16)6-4-12/h3-6,14,17H,2,7-11H2,1H3. The molecule has 0 radical (unpaired) electrons. The van der Waals surface area contributed by atoms with Crippen LogP contribution in [-0.2, 0) is 11.3 Å². The molecule has 1 fully saturated rings. The highest BCUT2D eigenvalue weighted by molar-refractivity contribution is 5.68. The molecule has 0 spiro atoms. The van der Waals surface area contributed by atoms with E-state index in [1.54, 1.807) is 17.0 Å². The Balaban J connectivity index is 1.87. The van der Waals surface area contributed by atoms with Crippen LogP contribution in [0.1, 0.15) is 25.3 Å². The van der Waals surface area contributed by atoms with Crippen molar-refractivity contribution >= 4 is 6.09 Å². The number of rotatable bonds is 4. The smallest absolute Gasteiger partial charge is 0.410 e. The van der Waals surface area contributed by atoms with Crippen molar-refractivity contribution in [1.82, 2.24) is 10.2 Å². The van der Waals surface area contributed by atoms with E-state index in [0.717, 1.165) is 31.5 Å². The van der Waals surface area contributed by atoms with E-state index >= 15 is 0 Å². The molecule has 0 aliphatic carbocycles. The summed E-state index contributed by atoms with van der Waals surface area (Å²) in [5.41, 5.74) is 0.793. The summed E-state index contributed by atoms with van der Waals surface area (Å²) < 4.78 is 18.1. The Hall–Kier alpha value is -1.62. The van der Waals surface area contributed by atoms with E-state index < -0.39 is 0 Å². The summed E-state index contributed by atoms with van der Waals surface area (Å²) in [4.78, 5) is 13.9. The van der Waals surface area contributed by atoms with Crippen molar-refractivity contribution in [3.63, 3.8) is 0 Å². The summed E-state index contributed by atoms with van der Waals surface area (Å²) in [6.07, 6.45) is 1.63. The highest BCUT2D eigenvalue weighted by atomic mass is 19.1. The maximum absolute atomic E-state index is 12.8. The Labute approximate surface area is 118 Å². The molecule has 1 amide bonds. The van der Waals surface area contributed by atoms with Crippen LogP contribution in [0.4, 0.5) is 9.18 Å². The van der Waals surface area contributed by atoms with Crippen LogP contribution in [0, 0.1) is 5.82 Å². The second-order valence-corrected chi connectivity index (χ2v) is 4.95. The molecule has 20 heavy (non-hydrogen) atoms. The molecule has 0 saturated carbocycles. The number of amides is 1. The topological polar surface area (TPSA) is 41.6 Å². The summed E-state index contributed by atoms with van der Waals surface area (Å²) in [5.74, 6) is -0.287. The lowest BCUT2D eigenvalue weighted by atomic mass is 10.1. The average molecular weight is 280 g/mol. The van der Waals surface area contributed by atoms with Crippen molar-refractivity contribution < 1.29 is 13.9 Å². The summed E-state index contributed by atoms with van der Waals surface area (Å²) in [7, 11) is 0. The zero-order valence-electron chi connectivity index (χ0n) is 11.8. The van der Waals surface area contributed by atoms with Crippen molar-refractivity contribution in [3.05, 3.63) is 35.6 Å². The van der Waals surface area contributed by atoms with Gasteiger partial charge in [0.2, 0.25) is 0 Å². The van der Waals surface area contributed by atoms with Gasteiger partial charge in [-0.2, -0.15) is 0 Å². The molecule has 1 aromatic rings. The maximum atomic E-state index is 12.8. The molecule has 110 valence electrons. The summed E-state index contributed by atoms with van der Waals surface area (Å²) in [5, 5.41) is 3.28. The van der Waals surface area contributed by atoms with Crippen molar-refractivity contribution in [3.8, 4) is 0 Å². The predicted molar refractivity (Wildman–Crippen MR) is 74.9 cm³/mol. The van der Waals surface area contributed by atoms with Gasteiger partial charge in [-0.3, -0.25) is 0 Å². The molecule has 1 N–H and O–H groups in total. The fourth-order valence-electron chi connectivity index (χ4n) is 2.46. The molecule has 5 heteroatoms. The van der Waals surface area contributed by atoms with Crippen LogP contribution in [0.3, 0.4) is 0 Å². The number of hydrogen-bond acceptors (Lipinski definition) is 3. The van der Waals surface area contributed by atoms with Crippen molar-refractivity contribution in [1.29, 1.82) is 0 Å². The van der Waals surface area contributed by atoms with E-state index in [9.17, 15) is 9.18 Å². The fraction of sp³-hybridized carbons (Fsp3) is 0.533. The molecular weight excluding hydrogens is 259 g/mol. The summed E-state index contributed by atoms with van der Waals surface area (Å²) in [6.45, 7) is 4.66. The minimum absolute atomic E-state index is 0.181. The number of nitrogens with one attached hydrogen (secondary N) is 1. The van der Waals surface area contributed by atoms with Gasteiger partial charge in [0.05, 0.1) is 0 Å². The van der Waals surface area contributed by atoms with Crippen LogP contribution >= 0.6 is 0 Å². The quantitative estimate of drug-likeness (QED) is 0.921. The largest absolute Gasteiger partial charge is 0.445 e. The molecule has 4 nitrogen and oxygen atoms in total. The van der Waals surface area contributed by atoms with Crippen LogP contribution in [0.25, 0.3) is 0 Å². The predicted octanol–water partition coefficient (Wildman–Crippen LogP) is 2.54. The van der Waals surface area contributed by atoms with Gasteiger partial charge in [0.1, 0.15) is 12.4 Å². The third-order valence-electron chi connectivity index (χ3n) is 3.60. The molecule has 0 atom stereocenters. The second kappa shape index (κ2) is 7.24. The first kappa shape index (κ1) is 14.8. The summed E-state index contributed by atoms with van der Waals surface area (Å²) >= 11 is 0. The van der Waals surface area contributed by atoms with Gasteiger partial charge in [0.15, 0.2) is 0 Å². The molecule has 1 aromatic carbocycles. The monoisotopic (exact) mass is 280 g/mol. The molecule has 0 aromatic heterocycles. The van der Waals surface area contributed by atoms with E-state index in [1.807, 2.05) is 6.92 Å². The zero-order chi connectivity index (χ0) is 14.4. The van der Waals surface area contributed by atoms with Crippen LogP contribution in [0.15, 0.2) is 24.3 Å². The van der Waals surface area contributed by atoms with Gasteiger partial charge in [-0.1, -0.05) is 12.1 Å². The lowest BCUT2D eigenvalue weighted by molar-refractivity contribution is 0.0759. The lowest BCUT2D eigenvalue weighted by Gasteiger charge is -2.33. The van der Waals surface area contributed by atoms with Gasteiger partial charge >= 0.3 is 6.09 Å². The first-order valence-corrected chi connectivity index (χ1v) is 7.09. The van der Waals surface area contributed by atoms with Gasteiger partial charge in [-0.25, -0.2) is 9.18 Å². The highest BCUT2D eigenvalue weighted by Gasteiger charge is 2.24. The van der Waals surface area contributed by atoms with E-state index in [0.29, 0.717) is 6.54 Å². The number of carbonyl (C=O) groups excluding carboxylic acids is 1. The number of hydrogen-bond donors (Lipinski definition) is 1. The Bertz CT molecular complexity index is 430. The molecule has 2 rings (SSSR count). The normalized spacial score (nSPS) is 15.9. The number of benzene rings is 1. The van der Waals surface area contributed by atoms with Gasteiger partial charge in [-0.05, 0) is 50.6 Å². The third-order valence-corrected chi connectivity index (χ3v) is 3.60. The van der Waals surface area contributed by atoms with Crippen molar-refractivity contribution in [2.75, 3.05) is 19.6 Å².